The second-order valence-corrected chi connectivity index (χ2v) is 6.99. The summed E-state index contributed by atoms with van der Waals surface area (Å²) in [6.07, 6.45) is 1.33. The van der Waals surface area contributed by atoms with E-state index in [9.17, 15) is 14.0 Å². The van der Waals surface area contributed by atoms with Crippen molar-refractivity contribution < 1.29 is 23.5 Å². The normalized spacial score (nSPS) is 17.7. The number of benzene rings is 2. The Hall–Kier alpha value is -3.29. The van der Waals surface area contributed by atoms with E-state index in [1.165, 1.54) is 17.0 Å². The van der Waals surface area contributed by atoms with Crippen molar-refractivity contribution in [2.75, 3.05) is 25.1 Å². The Labute approximate surface area is 167 Å². The Bertz CT molecular complexity index is 921. The standard InChI is InChI=1S/C21H22FN3O4/c22-15-4-1-3-14(11-15)13-23-20(26)17-5-2-8-25(17)21(27)24-16-6-7-18-19(12-16)29-10-9-28-18/h1,3-4,6-7,11-12,17H,2,5,8-10,13H2,(H,23,26)(H,24,27)/t17-/m0/s1. The summed E-state index contributed by atoms with van der Waals surface area (Å²) in [5.41, 5.74) is 1.24. The molecule has 2 heterocycles. The first-order chi connectivity index (χ1) is 14.1. The zero-order valence-corrected chi connectivity index (χ0v) is 15.8. The van der Waals surface area contributed by atoms with Crippen molar-refractivity contribution in [1.82, 2.24) is 10.2 Å². The molecule has 152 valence electrons. The third kappa shape index (κ3) is 4.42. The van der Waals surface area contributed by atoms with Crippen LogP contribution in [0.1, 0.15) is 18.4 Å². The number of rotatable bonds is 4. The molecule has 3 amide bonds. The van der Waals surface area contributed by atoms with Gasteiger partial charge in [0.15, 0.2) is 11.5 Å². The van der Waals surface area contributed by atoms with Crippen molar-refractivity contribution in [3.8, 4) is 11.5 Å². The fourth-order valence-corrected chi connectivity index (χ4v) is 3.55. The van der Waals surface area contributed by atoms with Gasteiger partial charge in [-0.05, 0) is 42.7 Å². The summed E-state index contributed by atoms with van der Waals surface area (Å²) < 4.78 is 24.3. The molecule has 2 aliphatic heterocycles. The summed E-state index contributed by atoms with van der Waals surface area (Å²) in [5, 5.41) is 5.62. The summed E-state index contributed by atoms with van der Waals surface area (Å²) in [7, 11) is 0. The molecule has 1 atom stereocenters. The number of nitrogens with one attached hydrogen (secondary N) is 2. The highest BCUT2D eigenvalue weighted by molar-refractivity contribution is 5.94. The highest BCUT2D eigenvalue weighted by atomic mass is 19.1. The number of carbonyl (C=O) groups is 2. The summed E-state index contributed by atoms with van der Waals surface area (Å²) in [5.74, 6) is 0.631. The second-order valence-electron chi connectivity index (χ2n) is 6.99. The largest absolute Gasteiger partial charge is 0.486 e. The van der Waals surface area contributed by atoms with Gasteiger partial charge >= 0.3 is 6.03 Å². The van der Waals surface area contributed by atoms with Crippen LogP contribution in [0.3, 0.4) is 0 Å². The van der Waals surface area contributed by atoms with Gasteiger partial charge in [0.05, 0.1) is 0 Å². The van der Waals surface area contributed by atoms with Crippen molar-refractivity contribution in [3.63, 3.8) is 0 Å². The van der Waals surface area contributed by atoms with E-state index < -0.39 is 6.04 Å². The van der Waals surface area contributed by atoms with Crippen molar-refractivity contribution in [2.24, 2.45) is 0 Å². The molecule has 0 saturated carbocycles. The number of anilines is 1. The molecule has 2 aromatic carbocycles. The predicted molar refractivity (Wildman–Crippen MR) is 104 cm³/mol. The number of hydrogen-bond donors (Lipinski definition) is 2. The zero-order valence-electron chi connectivity index (χ0n) is 15.8. The molecule has 0 bridgehead atoms. The van der Waals surface area contributed by atoms with Gasteiger partial charge in [0, 0.05) is 24.8 Å². The first kappa shape index (κ1) is 19.0. The number of carbonyl (C=O) groups excluding carboxylic acids is 2. The van der Waals surface area contributed by atoms with Gasteiger partial charge in [-0.3, -0.25) is 4.79 Å². The van der Waals surface area contributed by atoms with Crippen molar-refractivity contribution in [2.45, 2.75) is 25.4 Å². The molecular weight excluding hydrogens is 377 g/mol. The number of halogens is 1. The van der Waals surface area contributed by atoms with Crippen molar-refractivity contribution in [1.29, 1.82) is 0 Å². The van der Waals surface area contributed by atoms with Gasteiger partial charge in [-0.2, -0.15) is 0 Å². The highest BCUT2D eigenvalue weighted by Crippen LogP contribution is 2.33. The van der Waals surface area contributed by atoms with Gasteiger partial charge in [-0.1, -0.05) is 12.1 Å². The minimum atomic E-state index is -0.555. The van der Waals surface area contributed by atoms with E-state index in [2.05, 4.69) is 10.6 Å². The Kier molecular flexibility index (Phi) is 5.50. The van der Waals surface area contributed by atoms with Crippen LogP contribution < -0.4 is 20.1 Å². The van der Waals surface area contributed by atoms with Crippen LogP contribution in [-0.2, 0) is 11.3 Å². The fraction of sp³-hybridized carbons (Fsp3) is 0.333. The van der Waals surface area contributed by atoms with Crippen LogP contribution in [0.5, 0.6) is 11.5 Å². The Morgan fingerprint density at radius 3 is 2.76 bits per heavy atom. The molecule has 0 radical (unpaired) electrons. The van der Waals surface area contributed by atoms with Crippen LogP contribution in [0.4, 0.5) is 14.9 Å². The van der Waals surface area contributed by atoms with Crippen molar-refractivity contribution >= 4 is 17.6 Å². The van der Waals surface area contributed by atoms with E-state index >= 15 is 0 Å². The van der Waals surface area contributed by atoms with Crippen LogP contribution in [0.25, 0.3) is 0 Å². The maximum atomic E-state index is 13.3. The third-order valence-electron chi connectivity index (χ3n) is 4.97. The average molecular weight is 399 g/mol. The molecule has 0 aliphatic carbocycles. The maximum Gasteiger partial charge on any atom is 0.322 e. The lowest BCUT2D eigenvalue weighted by Crippen LogP contribution is -2.47. The molecule has 4 rings (SSSR count). The molecular formula is C21H22FN3O4. The van der Waals surface area contributed by atoms with Crippen LogP contribution in [0.2, 0.25) is 0 Å². The molecule has 2 N–H and O–H groups in total. The highest BCUT2D eigenvalue weighted by Gasteiger charge is 2.34. The first-order valence-corrected chi connectivity index (χ1v) is 9.59. The average Bonchev–Trinajstić information content (AvgIpc) is 3.22. The van der Waals surface area contributed by atoms with Gasteiger partial charge in [0.1, 0.15) is 25.1 Å². The lowest BCUT2D eigenvalue weighted by Gasteiger charge is -2.25. The molecule has 0 unspecified atom stereocenters. The maximum absolute atomic E-state index is 13.3. The molecule has 8 heteroatoms. The summed E-state index contributed by atoms with van der Waals surface area (Å²) in [6.45, 7) is 1.67. The lowest BCUT2D eigenvalue weighted by molar-refractivity contribution is -0.124. The van der Waals surface area contributed by atoms with Crippen LogP contribution in [-0.4, -0.2) is 42.6 Å². The second kappa shape index (κ2) is 8.38. The van der Waals surface area contributed by atoms with Gasteiger partial charge in [-0.25, -0.2) is 9.18 Å². The Balaban J connectivity index is 1.37. The molecule has 2 aromatic rings. The van der Waals surface area contributed by atoms with Gasteiger partial charge in [0.25, 0.3) is 0 Å². The van der Waals surface area contributed by atoms with Crippen LogP contribution >= 0.6 is 0 Å². The van der Waals surface area contributed by atoms with Gasteiger partial charge < -0.3 is 25.0 Å². The number of urea groups is 1. The van der Waals surface area contributed by atoms with Gasteiger partial charge in [0.2, 0.25) is 5.91 Å². The number of amides is 3. The van der Waals surface area contributed by atoms with E-state index in [1.54, 1.807) is 30.3 Å². The molecule has 0 spiro atoms. The van der Waals surface area contributed by atoms with Crippen LogP contribution in [0, 0.1) is 5.82 Å². The van der Waals surface area contributed by atoms with E-state index in [0.29, 0.717) is 48.9 Å². The first-order valence-electron chi connectivity index (χ1n) is 9.59. The Morgan fingerprint density at radius 1 is 1.10 bits per heavy atom. The summed E-state index contributed by atoms with van der Waals surface area (Å²) >= 11 is 0. The minimum absolute atomic E-state index is 0.213. The number of ether oxygens (including phenoxy) is 2. The smallest absolute Gasteiger partial charge is 0.322 e. The van der Waals surface area contributed by atoms with E-state index in [-0.39, 0.29) is 24.3 Å². The predicted octanol–water partition coefficient (Wildman–Crippen LogP) is 2.91. The monoisotopic (exact) mass is 399 g/mol. The SMILES string of the molecule is O=C(NCc1cccc(F)c1)[C@@H]1CCCN1C(=O)Nc1ccc2c(c1)OCCO2. The molecule has 29 heavy (non-hydrogen) atoms. The summed E-state index contributed by atoms with van der Waals surface area (Å²) in [6, 6.07) is 10.4. The fourth-order valence-electron chi connectivity index (χ4n) is 3.55. The van der Waals surface area contributed by atoms with E-state index in [4.69, 9.17) is 9.47 Å². The number of fused-ring (bicyclic) bond motifs is 1. The topological polar surface area (TPSA) is 79.9 Å². The number of nitrogens with zero attached hydrogens (tertiary/aromatic N) is 1. The quantitative estimate of drug-likeness (QED) is 0.829. The zero-order chi connectivity index (χ0) is 20.2. The Morgan fingerprint density at radius 2 is 1.93 bits per heavy atom. The summed E-state index contributed by atoms with van der Waals surface area (Å²) in [4.78, 5) is 26.9. The molecule has 1 fully saturated rings. The number of likely N-dealkylation sites (tertiary alicyclic amines) is 1. The molecule has 2 aliphatic rings. The van der Waals surface area contributed by atoms with Gasteiger partial charge in [-0.15, -0.1) is 0 Å². The molecule has 7 nitrogen and oxygen atoms in total. The molecule has 0 aromatic heterocycles. The van der Waals surface area contributed by atoms with E-state index in [1.807, 2.05) is 0 Å². The van der Waals surface area contributed by atoms with Crippen molar-refractivity contribution in [3.05, 3.63) is 53.8 Å². The number of hydrogen-bond acceptors (Lipinski definition) is 4. The molecule has 1 saturated heterocycles. The van der Waals surface area contributed by atoms with Crippen LogP contribution in [0.15, 0.2) is 42.5 Å². The van der Waals surface area contributed by atoms with E-state index in [0.717, 1.165) is 6.42 Å². The minimum Gasteiger partial charge on any atom is -0.486 e. The lowest BCUT2D eigenvalue weighted by atomic mass is 10.2. The third-order valence-corrected chi connectivity index (χ3v) is 4.97.